The highest BCUT2D eigenvalue weighted by Gasteiger charge is 2.31. The van der Waals surface area contributed by atoms with Crippen LogP contribution >= 0.6 is 0 Å². The molecule has 108 valence electrons. The zero-order chi connectivity index (χ0) is 15.0. The van der Waals surface area contributed by atoms with Crippen LogP contribution in [0.5, 0.6) is 0 Å². The summed E-state index contributed by atoms with van der Waals surface area (Å²) < 4.78 is 40.8. The lowest BCUT2D eigenvalue weighted by atomic mass is 10.0. The maximum absolute atomic E-state index is 14.0. The van der Waals surface area contributed by atoms with Crippen molar-refractivity contribution in [1.82, 2.24) is 0 Å². The SMILES string of the molecule is NC1=NCC(c2cccc(F)c2F)N1c1cccc(F)c1. The number of guanidine groups is 1. The third-order valence-electron chi connectivity index (χ3n) is 3.41. The van der Waals surface area contributed by atoms with Crippen molar-refractivity contribution in [2.75, 3.05) is 11.4 Å². The van der Waals surface area contributed by atoms with E-state index in [1.165, 1.54) is 35.2 Å². The lowest BCUT2D eigenvalue weighted by molar-refractivity contribution is 0.491. The molecule has 2 aromatic carbocycles. The number of benzene rings is 2. The van der Waals surface area contributed by atoms with Gasteiger partial charge >= 0.3 is 0 Å². The fraction of sp³-hybridized carbons (Fsp3) is 0.133. The van der Waals surface area contributed by atoms with Crippen molar-refractivity contribution in [3.8, 4) is 0 Å². The predicted molar refractivity (Wildman–Crippen MR) is 74.5 cm³/mol. The summed E-state index contributed by atoms with van der Waals surface area (Å²) in [5, 5.41) is 0. The monoisotopic (exact) mass is 291 g/mol. The Morgan fingerprint density at radius 3 is 2.62 bits per heavy atom. The number of halogens is 3. The van der Waals surface area contributed by atoms with Crippen molar-refractivity contribution in [3.05, 3.63) is 65.5 Å². The number of hydrogen-bond acceptors (Lipinski definition) is 3. The van der Waals surface area contributed by atoms with E-state index in [9.17, 15) is 13.2 Å². The second-order valence-corrected chi connectivity index (χ2v) is 4.71. The van der Waals surface area contributed by atoms with Crippen LogP contribution in [-0.2, 0) is 0 Å². The summed E-state index contributed by atoms with van der Waals surface area (Å²) in [6.07, 6.45) is 0. The Morgan fingerprint density at radius 2 is 1.86 bits per heavy atom. The first kappa shape index (κ1) is 13.5. The summed E-state index contributed by atoms with van der Waals surface area (Å²) in [6.45, 7) is 0.183. The van der Waals surface area contributed by atoms with Crippen molar-refractivity contribution < 1.29 is 13.2 Å². The molecule has 1 atom stereocenters. The molecular weight excluding hydrogens is 279 g/mol. The average molecular weight is 291 g/mol. The highest BCUT2D eigenvalue weighted by atomic mass is 19.2. The molecule has 3 rings (SSSR count). The minimum Gasteiger partial charge on any atom is -0.369 e. The highest BCUT2D eigenvalue weighted by Crippen LogP contribution is 2.33. The second-order valence-electron chi connectivity index (χ2n) is 4.71. The van der Waals surface area contributed by atoms with E-state index < -0.39 is 23.5 Å². The maximum Gasteiger partial charge on any atom is 0.196 e. The van der Waals surface area contributed by atoms with Crippen LogP contribution in [0.1, 0.15) is 11.6 Å². The summed E-state index contributed by atoms with van der Waals surface area (Å²) in [4.78, 5) is 5.56. The van der Waals surface area contributed by atoms with Gasteiger partial charge in [0.25, 0.3) is 0 Å². The molecule has 0 amide bonds. The number of nitrogens with zero attached hydrogens (tertiary/aromatic N) is 2. The molecule has 3 nitrogen and oxygen atoms in total. The number of aliphatic imine (C=N–C) groups is 1. The first-order chi connectivity index (χ1) is 10.1. The van der Waals surface area contributed by atoms with Gasteiger partial charge in [-0.25, -0.2) is 13.2 Å². The molecule has 0 aliphatic carbocycles. The Bertz CT molecular complexity index is 715. The molecule has 0 radical (unpaired) electrons. The molecule has 0 fully saturated rings. The van der Waals surface area contributed by atoms with Crippen LogP contribution in [0.25, 0.3) is 0 Å². The van der Waals surface area contributed by atoms with E-state index in [4.69, 9.17) is 5.73 Å². The molecule has 2 aromatic rings. The smallest absolute Gasteiger partial charge is 0.196 e. The third kappa shape index (κ3) is 2.33. The fourth-order valence-corrected chi connectivity index (χ4v) is 2.45. The Labute approximate surface area is 119 Å². The first-order valence-electron chi connectivity index (χ1n) is 6.36. The first-order valence-corrected chi connectivity index (χ1v) is 6.36. The van der Waals surface area contributed by atoms with Crippen LogP contribution in [0.2, 0.25) is 0 Å². The van der Waals surface area contributed by atoms with Gasteiger partial charge in [0.2, 0.25) is 0 Å². The summed E-state index contributed by atoms with van der Waals surface area (Å²) in [5.74, 6) is -2.16. The molecule has 1 aliphatic rings. The summed E-state index contributed by atoms with van der Waals surface area (Å²) in [5.41, 5.74) is 6.40. The van der Waals surface area contributed by atoms with Gasteiger partial charge in [0.05, 0.1) is 12.6 Å². The topological polar surface area (TPSA) is 41.6 Å². The number of hydrogen-bond donors (Lipinski definition) is 1. The van der Waals surface area contributed by atoms with E-state index in [-0.39, 0.29) is 18.1 Å². The standard InChI is InChI=1S/C15H12F3N3/c16-9-3-1-4-10(7-9)21-13(8-20-15(21)19)11-5-2-6-12(17)14(11)18/h1-7,13H,8H2,(H2,19,20). The molecule has 0 saturated heterocycles. The zero-order valence-corrected chi connectivity index (χ0v) is 10.9. The summed E-state index contributed by atoms with van der Waals surface area (Å²) in [6, 6.07) is 9.08. The van der Waals surface area contributed by atoms with Crippen LogP contribution in [0.3, 0.4) is 0 Å². The number of rotatable bonds is 2. The van der Waals surface area contributed by atoms with E-state index in [1.54, 1.807) is 6.07 Å². The van der Waals surface area contributed by atoms with Gasteiger partial charge in [0, 0.05) is 11.3 Å². The van der Waals surface area contributed by atoms with Crippen molar-refractivity contribution in [3.63, 3.8) is 0 Å². The normalized spacial score (nSPS) is 18.0. The van der Waals surface area contributed by atoms with E-state index in [0.29, 0.717) is 5.69 Å². The van der Waals surface area contributed by atoms with Crippen LogP contribution in [-0.4, -0.2) is 12.5 Å². The fourth-order valence-electron chi connectivity index (χ4n) is 2.45. The quantitative estimate of drug-likeness (QED) is 0.924. The van der Waals surface area contributed by atoms with E-state index in [1.807, 2.05) is 0 Å². The van der Waals surface area contributed by atoms with Gasteiger partial charge in [0.1, 0.15) is 5.82 Å². The van der Waals surface area contributed by atoms with Crippen molar-refractivity contribution in [2.45, 2.75) is 6.04 Å². The molecule has 1 aliphatic heterocycles. The predicted octanol–water partition coefficient (Wildman–Crippen LogP) is 2.98. The lowest BCUT2D eigenvalue weighted by Gasteiger charge is -2.27. The van der Waals surface area contributed by atoms with Crippen LogP contribution in [0.4, 0.5) is 18.9 Å². The Morgan fingerprint density at radius 1 is 1.10 bits per heavy atom. The van der Waals surface area contributed by atoms with Gasteiger partial charge in [-0.15, -0.1) is 0 Å². The minimum absolute atomic E-state index is 0.142. The second kappa shape index (κ2) is 5.12. The molecule has 0 spiro atoms. The van der Waals surface area contributed by atoms with Crippen molar-refractivity contribution in [1.29, 1.82) is 0 Å². The van der Waals surface area contributed by atoms with Gasteiger partial charge in [0.15, 0.2) is 17.6 Å². The Hall–Kier alpha value is -2.50. The largest absolute Gasteiger partial charge is 0.369 e. The Kier molecular flexibility index (Phi) is 3.29. The molecule has 0 saturated carbocycles. The number of nitrogens with two attached hydrogens (primary N) is 1. The van der Waals surface area contributed by atoms with Crippen molar-refractivity contribution in [2.24, 2.45) is 10.7 Å². The zero-order valence-electron chi connectivity index (χ0n) is 10.9. The highest BCUT2D eigenvalue weighted by molar-refractivity contribution is 5.97. The van der Waals surface area contributed by atoms with Gasteiger partial charge in [-0.1, -0.05) is 18.2 Å². The molecular formula is C15H12F3N3. The minimum atomic E-state index is -0.936. The molecule has 1 unspecified atom stereocenters. The van der Waals surface area contributed by atoms with E-state index >= 15 is 0 Å². The molecule has 2 N–H and O–H groups in total. The summed E-state index contributed by atoms with van der Waals surface area (Å²) >= 11 is 0. The van der Waals surface area contributed by atoms with E-state index in [0.717, 1.165) is 6.07 Å². The molecule has 21 heavy (non-hydrogen) atoms. The lowest BCUT2D eigenvalue weighted by Crippen LogP contribution is -2.36. The van der Waals surface area contributed by atoms with Crippen LogP contribution < -0.4 is 10.6 Å². The van der Waals surface area contributed by atoms with Crippen molar-refractivity contribution >= 4 is 11.6 Å². The maximum atomic E-state index is 14.0. The van der Waals surface area contributed by atoms with Gasteiger partial charge in [-0.3, -0.25) is 4.99 Å². The Balaban J connectivity index is 2.05. The summed E-state index contributed by atoms with van der Waals surface area (Å²) in [7, 11) is 0. The molecule has 6 heteroatoms. The molecule has 1 heterocycles. The molecule has 0 aromatic heterocycles. The van der Waals surface area contributed by atoms with E-state index in [2.05, 4.69) is 4.99 Å². The van der Waals surface area contributed by atoms with Crippen LogP contribution in [0, 0.1) is 17.5 Å². The average Bonchev–Trinajstić information content (AvgIpc) is 2.83. The van der Waals surface area contributed by atoms with Gasteiger partial charge < -0.3 is 10.6 Å². The molecule has 0 bridgehead atoms. The third-order valence-corrected chi connectivity index (χ3v) is 3.41. The van der Waals surface area contributed by atoms with Gasteiger partial charge in [-0.2, -0.15) is 0 Å². The number of anilines is 1. The van der Waals surface area contributed by atoms with Crippen LogP contribution in [0.15, 0.2) is 47.5 Å². The van der Waals surface area contributed by atoms with Gasteiger partial charge in [-0.05, 0) is 24.3 Å².